The largest absolute Gasteiger partial charge is 0.411 e. The first-order valence-electron chi connectivity index (χ1n) is 4.55. The van der Waals surface area contributed by atoms with Crippen LogP contribution in [-0.2, 0) is 11.3 Å². The molecule has 0 atom stereocenters. The minimum Gasteiger partial charge on any atom is -0.411 e. The second-order valence-electron chi connectivity index (χ2n) is 3.44. The van der Waals surface area contributed by atoms with Gasteiger partial charge in [0.05, 0.1) is 0 Å². The van der Waals surface area contributed by atoms with Crippen LogP contribution < -0.4 is 4.74 Å². The molecule has 4 heteroatoms. The second-order valence-corrected chi connectivity index (χ2v) is 3.44. The van der Waals surface area contributed by atoms with E-state index in [-0.39, 0.29) is 0 Å². The lowest BCUT2D eigenvalue weighted by Crippen LogP contribution is -2.05. The number of hydrogen-bond acceptors (Lipinski definition) is 3. The average Bonchev–Trinajstić information content (AvgIpc) is 2.91. The molecule has 0 amide bonds. The summed E-state index contributed by atoms with van der Waals surface area (Å²) in [5.41, 5.74) is 0.550. The molecule has 0 unspecified atom stereocenters. The SMILES string of the molecule is N#Cc1ccc(OC=O)n1CC1CC1. The number of rotatable bonds is 4. The van der Waals surface area contributed by atoms with Crippen LogP contribution in [0.3, 0.4) is 0 Å². The van der Waals surface area contributed by atoms with Crippen molar-refractivity contribution < 1.29 is 9.53 Å². The Morgan fingerprint density at radius 2 is 2.43 bits per heavy atom. The number of nitrogens with zero attached hydrogens (tertiary/aromatic N) is 2. The lowest BCUT2D eigenvalue weighted by atomic mass is 10.4. The van der Waals surface area contributed by atoms with Crippen molar-refractivity contribution in [1.29, 1.82) is 5.26 Å². The maximum atomic E-state index is 10.2. The van der Waals surface area contributed by atoms with Crippen molar-refractivity contribution in [3.05, 3.63) is 17.8 Å². The van der Waals surface area contributed by atoms with E-state index in [0.717, 1.165) is 6.54 Å². The summed E-state index contributed by atoms with van der Waals surface area (Å²) in [7, 11) is 0. The van der Waals surface area contributed by atoms with Crippen molar-refractivity contribution in [2.75, 3.05) is 0 Å². The van der Waals surface area contributed by atoms with Gasteiger partial charge >= 0.3 is 0 Å². The molecular formula is C10H10N2O2. The molecule has 1 aromatic heterocycles. The summed E-state index contributed by atoms with van der Waals surface area (Å²) in [6.07, 6.45) is 2.40. The monoisotopic (exact) mass is 190 g/mol. The van der Waals surface area contributed by atoms with Crippen LogP contribution in [0.5, 0.6) is 5.88 Å². The fourth-order valence-electron chi connectivity index (χ4n) is 1.45. The number of aromatic nitrogens is 1. The molecule has 0 aliphatic heterocycles. The molecule has 14 heavy (non-hydrogen) atoms. The van der Waals surface area contributed by atoms with Gasteiger partial charge in [-0.1, -0.05) is 0 Å². The highest BCUT2D eigenvalue weighted by Gasteiger charge is 2.24. The van der Waals surface area contributed by atoms with E-state index in [2.05, 4.69) is 6.07 Å². The number of ether oxygens (including phenoxy) is 1. The van der Waals surface area contributed by atoms with Gasteiger partial charge < -0.3 is 9.30 Å². The van der Waals surface area contributed by atoms with E-state index in [1.165, 1.54) is 12.8 Å². The Hall–Kier alpha value is -1.76. The molecule has 0 N–H and O–H groups in total. The Balaban J connectivity index is 2.25. The zero-order valence-corrected chi connectivity index (χ0v) is 7.64. The molecule has 4 nitrogen and oxygen atoms in total. The standard InChI is InChI=1S/C10H10N2O2/c11-5-9-3-4-10(14-7-13)12(9)6-8-1-2-8/h3-4,7-8H,1-2,6H2. The highest BCUT2D eigenvalue weighted by molar-refractivity contribution is 5.45. The van der Waals surface area contributed by atoms with Crippen LogP contribution in [0, 0.1) is 17.2 Å². The number of carbonyl (C=O) groups is 1. The van der Waals surface area contributed by atoms with E-state index in [1.54, 1.807) is 16.7 Å². The zero-order chi connectivity index (χ0) is 9.97. The summed E-state index contributed by atoms with van der Waals surface area (Å²) in [5.74, 6) is 1.10. The predicted molar refractivity (Wildman–Crippen MR) is 48.6 cm³/mol. The van der Waals surface area contributed by atoms with Gasteiger partial charge in [-0.15, -0.1) is 0 Å². The van der Waals surface area contributed by atoms with Crippen LogP contribution in [0.15, 0.2) is 12.1 Å². The summed E-state index contributed by atoms with van der Waals surface area (Å²) in [6, 6.07) is 5.39. The maximum absolute atomic E-state index is 10.2. The van der Waals surface area contributed by atoms with Gasteiger partial charge in [0.2, 0.25) is 5.88 Å². The van der Waals surface area contributed by atoms with E-state index in [4.69, 9.17) is 10.00 Å². The molecule has 1 fully saturated rings. The molecule has 0 radical (unpaired) electrons. The summed E-state index contributed by atoms with van der Waals surface area (Å²) >= 11 is 0. The zero-order valence-electron chi connectivity index (χ0n) is 7.64. The Labute approximate surface area is 81.7 Å². The van der Waals surface area contributed by atoms with Gasteiger partial charge in [0.1, 0.15) is 11.8 Å². The molecule has 72 valence electrons. The first kappa shape index (κ1) is 8.82. The lowest BCUT2D eigenvalue weighted by molar-refractivity contribution is -0.121. The first-order valence-corrected chi connectivity index (χ1v) is 4.55. The molecule has 1 aliphatic rings. The third-order valence-electron chi connectivity index (χ3n) is 2.36. The van der Waals surface area contributed by atoms with Crippen molar-refractivity contribution in [2.24, 2.45) is 5.92 Å². The normalized spacial score (nSPS) is 14.8. The maximum Gasteiger partial charge on any atom is 0.299 e. The Morgan fingerprint density at radius 1 is 1.64 bits per heavy atom. The van der Waals surface area contributed by atoms with Crippen LogP contribution in [-0.4, -0.2) is 11.0 Å². The van der Waals surface area contributed by atoms with E-state index >= 15 is 0 Å². The molecule has 0 saturated heterocycles. The fraction of sp³-hybridized carbons (Fsp3) is 0.400. The molecule has 2 rings (SSSR count). The van der Waals surface area contributed by atoms with Gasteiger partial charge in [0.25, 0.3) is 6.47 Å². The number of carbonyl (C=O) groups excluding carboxylic acids is 1. The van der Waals surface area contributed by atoms with Gasteiger partial charge in [0.15, 0.2) is 0 Å². The Bertz CT molecular complexity index is 385. The van der Waals surface area contributed by atoms with Gasteiger partial charge in [-0.05, 0) is 24.8 Å². The van der Waals surface area contributed by atoms with Crippen molar-refractivity contribution in [3.63, 3.8) is 0 Å². The Morgan fingerprint density at radius 3 is 3.00 bits per heavy atom. The summed E-state index contributed by atoms with van der Waals surface area (Å²) in [5, 5.41) is 8.82. The van der Waals surface area contributed by atoms with Crippen LogP contribution in [0.2, 0.25) is 0 Å². The molecule has 0 aromatic carbocycles. The topological polar surface area (TPSA) is 55.0 Å². The quantitative estimate of drug-likeness (QED) is 0.672. The summed E-state index contributed by atoms with van der Waals surface area (Å²) in [6.45, 7) is 1.17. The molecule has 0 spiro atoms. The Kier molecular flexibility index (Phi) is 2.23. The van der Waals surface area contributed by atoms with Crippen molar-refractivity contribution in [1.82, 2.24) is 4.57 Å². The minimum atomic E-state index is 0.389. The number of nitriles is 1. The summed E-state index contributed by atoms with van der Waals surface area (Å²) in [4.78, 5) is 10.2. The summed E-state index contributed by atoms with van der Waals surface area (Å²) < 4.78 is 6.54. The fourth-order valence-corrected chi connectivity index (χ4v) is 1.45. The predicted octanol–water partition coefficient (Wildman–Crippen LogP) is 1.30. The van der Waals surface area contributed by atoms with Gasteiger partial charge in [-0.3, -0.25) is 4.79 Å². The van der Waals surface area contributed by atoms with Crippen LogP contribution in [0.25, 0.3) is 0 Å². The van der Waals surface area contributed by atoms with Crippen molar-refractivity contribution >= 4 is 6.47 Å². The highest BCUT2D eigenvalue weighted by Crippen LogP contribution is 2.33. The van der Waals surface area contributed by atoms with Crippen LogP contribution >= 0.6 is 0 Å². The molecule has 1 saturated carbocycles. The highest BCUT2D eigenvalue weighted by atomic mass is 16.5. The smallest absolute Gasteiger partial charge is 0.299 e. The third-order valence-corrected chi connectivity index (χ3v) is 2.36. The lowest BCUT2D eigenvalue weighted by Gasteiger charge is -2.06. The minimum absolute atomic E-state index is 0.389. The molecule has 1 aliphatic carbocycles. The van der Waals surface area contributed by atoms with Crippen molar-refractivity contribution in [2.45, 2.75) is 19.4 Å². The molecule has 1 heterocycles. The van der Waals surface area contributed by atoms with E-state index in [0.29, 0.717) is 24.0 Å². The molecule has 1 aromatic rings. The van der Waals surface area contributed by atoms with E-state index < -0.39 is 0 Å². The van der Waals surface area contributed by atoms with Crippen LogP contribution in [0.4, 0.5) is 0 Å². The second kappa shape index (κ2) is 3.54. The average molecular weight is 190 g/mol. The molecule has 0 bridgehead atoms. The number of hydrogen-bond donors (Lipinski definition) is 0. The van der Waals surface area contributed by atoms with Gasteiger partial charge in [-0.25, -0.2) is 0 Å². The third kappa shape index (κ3) is 1.62. The van der Waals surface area contributed by atoms with Crippen LogP contribution in [0.1, 0.15) is 18.5 Å². The van der Waals surface area contributed by atoms with E-state index in [1.807, 2.05) is 0 Å². The van der Waals surface area contributed by atoms with E-state index in [9.17, 15) is 4.79 Å². The van der Waals surface area contributed by atoms with Crippen molar-refractivity contribution in [3.8, 4) is 11.9 Å². The molecular weight excluding hydrogens is 180 g/mol. The van der Waals surface area contributed by atoms with Gasteiger partial charge in [-0.2, -0.15) is 5.26 Å². The van der Waals surface area contributed by atoms with Gasteiger partial charge in [0, 0.05) is 12.6 Å². The first-order chi connectivity index (χ1) is 6.85.